The number of nitrogens with one attached hydrogen (secondary N) is 1. The van der Waals surface area contributed by atoms with Crippen LogP contribution in [-0.2, 0) is 0 Å². The van der Waals surface area contributed by atoms with E-state index < -0.39 is 11.6 Å². The molecule has 0 aliphatic carbocycles. The molecule has 2 aromatic rings. The minimum Gasteiger partial charge on any atom is -0.384 e. The van der Waals surface area contributed by atoms with Crippen LogP contribution in [0.2, 0.25) is 0 Å². The molecule has 98 valence electrons. The molecule has 1 aromatic carbocycles. The highest BCUT2D eigenvalue weighted by molar-refractivity contribution is 7.99. The van der Waals surface area contributed by atoms with Crippen molar-refractivity contribution in [1.82, 2.24) is 4.98 Å². The lowest BCUT2D eigenvalue weighted by atomic mass is 10.2. The quantitative estimate of drug-likeness (QED) is 0.595. The van der Waals surface area contributed by atoms with Gasteiger partial charge >= 0.3 is 0 Å². The van der Waals surface area contributed by atoms with Crippen molar-refractivity contribution < 1.29 is 8.78 Å². The van der Waals surface area contributed by atoms with Crippen LogP contribution in [0.5, 0.6) is 0 Å². The summed E-state index contributed by atoms with van der Waals surface area (Å²) in [5, 5.41) is 7.35. The summed E-state index contributed by atoms with van der Waals surface area (Å²) >= 11 is 1.11. The Balaban J connectivity index is 2.33. The molecule has 0 spiro atoms. The van der Waals surface area contributed by atoms with Gasteiger partial charge in [-0.15, -0.1) is 0 Å². The number of nitrogen functional groups attached to an aromatic ring is 2. The van der Waals surface area contributed by atoms with Crippen molar-refractivity contribution in [2.45, 2.75) is 9.79 Å². The number of hydrogen-bond acceptors (Lipinski definition) is 4. The van der Waals surface area contributed by atoms with Crippen molar-refractivity contribution in [2.24, 2.45) is 5.73 Å². The summed E-state index contributed by atoms with van der Waals surface area (Å²) in [6, 6.07) is 4.76. The minimum atomic E-state index is -0.655. The maximum atomic E-state index is 13.1. The summed E-state index contributed by atoms with van der Waals surface area (Å²) in [5.74, 6) is -1.38. The van der Waals surface area contributed by atoms with E-state index in [0.717, 1.165) is 17.8 Å². The molecule has 0 atom stereocenters. The van der Waals surface area contributed by atoms with E-state index in [2.05, 4.69) is 4.98 Å². The molecule has 4 nitrogen and oxygen atoms in total. The van der Waals surface area contributed by atoms with Crippen LogP contribution < -0.4 is 11.5 Å². The predicted octanol–water partition coefficient (Wildman–Crippen LogP) is 2.38. The number of anilines is 1. The van der Waals surface area contributed by atoms with Crippen LogP contribution in [0.15, 0.2) is 40.3 Å². The Bertz CT molecular complexity index is 625. The summed E-state index contributed by atoms with van der Waals surface area (Å²) in [4.78, 5) is 4.86. The lowest BCUT2D eigenvalue weighted by Gasteiger charge is -2.06. The normalized spacial score (nSPS) is 10.4. The second-order valence-corrected chi connectivity index (χ2v) is 4.87. The molecule has 0 saturated carbocycles. The average molecular weight is 280 g/mol. The predicted molar refractivity (Wildman–Crippen MR) is 70.1 cm³/mol. The topological polar surface area (TPSA) is 88.8 Å². The first kappa shape index (κ1) is 13.3. The highest BCUT2D eigenvalue weighted by Gasteiger charge is 2.08. The fraction of sp³-hybridized carbons (Fsp3) is 0. The average Bonchev–Trinajstić information content (AvgIpc) is 2.30. The number of hydrogen-bond donors (Lipinski definition) is 3. The van der Waals surface area contributed by atoms with Gasteiger partial charge in [0.05, 0.1) is 5.56 Å². The maximum absolute atomic E-state index is 13.1. The van der Waals surface area contributed by atoms with E-state index >= 15 is 0 Å². The number of benzene rings is 1. The van der Waals surface area contributed by atoms with Gasteiger partial charge in [0.1, 0.15) is 23.3 Å². The van der Waals surface area contributed by atoms with Gasteiger partial charge in [-0.25, -0.2) is 13.8 Å². The third-order valence-corrected chi connectivity index (χ3v) is 3.19. The standard InChI is InChI=1S/C12H10F2N4S/c13-6-1-7(14)3-8(2-6)19-9-4-10(11(15)16)12(17)18-5-9/h1-5H,(H3,15,16)(H2,17,18). The second kappa shape index (κ2) is 5.23. The molecule has 1 heterocycles. The first-order valence-electron chi connectivity index (χ1n) is 5.19. The van der Waals surface area contributed by atoms with Gasteiger partial charge in [0.2, 0.25) is 0 Å². The molecule has 7 heteroatoms. The summed E-state index contributed by atoms with van der Waals surface area (Å²) in [6.07, 6.45) is 1.45. The minimum absolute atomic E-state index is 0.141. The second-order valence-electron chi connectivity index (χ2n) is 3.72. The van der Waals surface area contributed by atoms with Gasteiger partial charge in [-0.05, 0) is 18.2 Å². The lowest BCUT2D eigenvalue weighted by Crippen LogP contribution is -2.14. The molecule has 0 aliphatic rings. The zero-order valence-electron chi connectivity index (χ0n) is 9.65. The molecular formula is C12H10F2N4S. The van der Waals surface area contributed by atoms with Crippen molar-refractivity contribution in [3.63, 3.8) is 0 Å². The molecule has 0 bridgehead atoms. The number of rotatable bonds is 3. The smallest absolute Gasteiger partial charge is 0.134 e. The van der Waals surface area contributed by atoms with Gasteiger partial charge in [-0.1, -0.05) is 11.8 Å². The molecule has 0 unspecified atom stereocenters. The highest BCUT2D eigenvalue weighted by Crippen LogP contribution is 2.29. The number of aromatic nitrogens is 1. The number of halogens is 2. The third kappa shape index (κ3) is 3.19. The Morgan fingerprint density at radius 1 is 1.11 bits per heavy atom. The highest BCUT2D eigenvalue weighted by atomic mass is 32.2. The molecule has 0 amide bonds. The van der Waals surface area contributed by atoms with Crippen LogP contribution in [0, 0.1) is 17.0 Å². The van der Waals surface area contributed by atoms with Crippen molar-refractivity contribution in [1.29, 1.82) is 5.41 Å². The first-order chi connectivity index (χ1) is 8.95. The largest absolute Gasteiger partial charge is 0.384 e. The number of nitrogens with two attached hydrogens (primary N) is 2. The number of pyridine rings is 1. The Morgan fingerprint density at radius 2 is 1.74 bits per heavy atom. The van der Waals surface area contributed by atoms with Crippen LogP contribution in [0.1, 0.15) is 5.56 Å². The summed E-state index contributed by atoms with van der Waals surface area (Å²) in [6.45, 7) is 0. The van der Waals surface area contributed by atoms with E-state index in [1.165, 1.54) is 18.3 Å². The molecule has 1 aromatic heterocycles. The molecule has 5 N–H and O–H groups in total. The number of nitrogens with zero attached hydrogens (tertiary/aromatic N) is 1. The van der Waals surface area contributed by atoms with E-state index in [-0.39, 0.29) is 11.7 Å². The van der Waals surface area contributed by atoms with Crippen LogP contribution in [0.25, 0.3) is 0 Å². The zero-order chi connectivity index (χ0) is 14.0. The van der Waals surface area contributed by atoms with E-state index in [1.54, 1.807) is 6.07 Å². The fourth-order valence-electron chi connectivity index (χ4n) is 1.45. The fourth-order valence-corrected chi connectivity index (χ4v) is 2.35. The van der Waals surface area contributed by atoms with Crippen LogP contribution in [-0.4, -0.2) is 10.8 Å². The van der Waals surface area contributed by atoms with Crippen molar-refractivity contribution >= 4 is 23.4 Å². The maximum Gasteiger partial charge on any atom is 0.134 e. The lowest BCUT2D eigenvalue weighted by molar-refractivity contribution is 0.577. The van der Waals surface area contributed by atoms with Crippen LogP contribution in [0.4, 0.5) is 14.6 Å². The van der Waals surface area contributed by atoms with Gasteiger partial charge < -0.3 is 11.5 Å². The van der Waals surface area contributed by atoms with Gasteiger partial charge in [0, 0.05) is 22.1 Å². The van der Waals surface area contributed by atoms with Crippen molar-refractivity contribution in [3.05, 3.63) is 47.7 Å². The van der Waals surface area contributed by atoms with Crippen LogP contribution >= 0.6 is 11.8 Å². The van der Waals surface area contributed by atoms with E-state index in [1.807, 2.05) is 0 Å². The Hall–Kier alpha value is -2.15. The Kier molecular flexibility index (Phi) is 3.66. The molecule has 0 radical (unpaired) electrons. The molecule has 2 rings (SSSR count). The van der Waals surface area contributed by atoms with Crippen LogP contribution in [0.3, 0.4) is 0 Å². The molecule has 0 aliphatic heterocycles. The monoisotopic (exact) mass is 280 g/mol. The molecule has 19 heavy (non-hydrogen) atoms. The molecule has 0 fully saturated rings. The zero-order valence-corrected chi connectivity index (χ0v) is 10.5. The van der Waals surface area contributed by atoms with E-state index in [4.69, 9.17) is 16.9 Å². The van der Waals surface area contributed by atoms with Crippen molar-refractivity contribution in [2.75, 3.05) is 5.73 Å². The van der Waals surface area contributed by atoms with Gasteiger partial charge in [0.25, 0.3) is 0 Å². The van der Waals surface area contributed by atoms with Gasteiger partial charge in [-0.3, -0.25) is 5.41 Å². The van der Waals surface area contributed by atoms with Gasteiger partial charge in [-0.2, -0.15) is 0 Å². The summed E-state index contributed by atoms with van der Waals surface area (Å²) in [5.41, 5.74) is 11.2. The molecular weight excluding hydrogens is 270 g/mol. The Labute approximate surface area is 112 Å². The third-order valence-electron chi connectivity index (χ3n) is 2.26. The van der Waals surface area contributed by atoms with Gasteiger partial charge in [0.15, 0.2) is 0 Å². The Morgan fingerprint density at radius 3 is 2.32 bits per heavy atom. The molecule has 0 saturated heterocycles. The van der Waals surface area contributed by atoms with Crippen molar-refractivity contribution in [3.8, 4) is 0 Å². The SMILES string of the molecule is N=C(N)c1cc(Sc2cc(F)cc(F)c2)cnc1N. The summed E-state index contributed by atoms with van der Waals surface area (Å²) in [7, 11) is 0. The number of amidine groups is 1. The summed E-state index contributed by atoms with van der Waals surface area (Å²) < 4.78 is 26.1. The van der Waals surface area contributed by atoms with E-state index in [9.17, 15) is 8.78 Å². The van der Waals surface area contributed by atoms with E-state index in [0.29, 0.717) is 15.4 Å². The first-order valence-corrected chi connectivity index (χ1v) is 6.01.